The molecule has 0 aliphatic carbocycles. The zero-order valence-electron chi connectivity index (χ0n) is 8.05. The summed E-state index contributed by atoms with van der Waals surface area (Å²) in [6.07, 6.45) is 4.32. The summed E-state index contributed by atoms with van der Waals surface area (Å²) in [5.41, 5.74) is 0. The molecule has 0 saturated carbocycles. The third-order valence-electron chi connectivity index (χ3n) is 2.39. The van der Waals surface area contributed by atoms with E-state index in [2.05, 4.69) is 29.0 Å². The molecule has 1 fully saturated rings. The van der Waals surface area contributed by atoms with E-state index in [0.717, 1.165) is 16.0 Å². The van der Waals surface area contributed by atoms with Crippen LogP contribution in [0.2, 0.25) is 4.34 Å². The molecule has 1 aliphatic heterocycles. The van der Waals surface area contributed by atoms with Gasteiger partial charge in [-0.2, -0.15) is 11.8 Å². The zero-order valence-corrected chi connectivity index (χ0v) is 10.4. The second kappa shape index (κ2) is 4.29. The van der Waals surface area contributed by atoms with Crippen molar-refractivity contribution in [2.24, 2.45) is 0 Å². The Kier molecular flexibility index (Phi) is 3.24. The molecule has 0 radical (unpaired) electrons. The Balaban J connectivity index is 1.87. The predicted octanol–water partition coefficient (Wildman–Crippen LogP) is 3.49. The monoisotopic (exact) mass is 248 g/mol. The van der Waals surface area contributed by atoms with Gasteiger partial charge in [0, 0.05) is 11.3 Å². The Bertz CT molecular complexity index is 308. The van der Waals surface area contributed by atoms with Crippen LogP contribution in [0.4, 0.5) is 5.13 Å². The van der Waals surface area contributed by atoms with Crippen LogP contribution in [0, 0.1) is 0 Å². The smallest absolute Gasteiger partial charge is 0.184 e. The number of nitrogens with one attached hydrogen (secondary N) is 1. The largest absolute Gasteiger partial charge is 0.360 e. The molecule has 78 valence electrons. The molecule has 5 heteroatoms. The SMILES string of the molecule is CC1(CNc2ncc(Cl)s2)CCCS1. The highest BCUT2D eigenvalue weighted by atomic mass is 35.5. The second-order valence-electron chi connectivity index (χ2n) is 3.72. The molecule has 14 heavy (non-hydrogen) atoms. The van der Waals surface area contributed by atoms with Gasteiger partial charge in [0.1, 0.15) is 4.34 Å². The lowest BCUT2D eigenvalue weighted by atomic mass is 10.1. The molecular formula is C9H13ClN2S2. The molecule has 2 rings (SSSR count). The quantitative estimate of drug-likeness (QED) is 0.887. The third kappa shape index (κ3) is 2.55. The van der Waals surface area contributed by atoms with Gasteiger partial charge in [0.05, 0.1) is 6.20 Å². The first kappa shape index (κ1) is 10.6. The maximum Gasteiger partial charge on any atom is 0.184 e. The van der Waals surface area contributed by atoms with Crippen LogP contribution in [0.15, 0.2) is 6.20 Å². The number of aromatic nitrogens is 1. The van der Waals surface area contributed by atoms with Crippen LogP contribution in [0.1, 0.15) is 19.8 Å². The average Bonchev–Trinajstić information content (AvgIpc) is 2.73. The van der Waals surface area contributed by atoms with E-state index in [1.54, 1.807) is 6.20 Å². The van der Waals surface area contributed by atoms with Gasteiger partial charge in [-0.1, -0.05) is 22.9 Å². The Hall–Kier alpha value is 0.0700. The minimum absolute atomic E-state index is 0.387. The molecule has 0 amide bonds. The van der Waals surface area contributed by atoms with Crippen molar-refractivity contribution in [1.29, 1.82) is 0 Å². The molecule has 1 aliphatic rings. The molecule has 1 N–H and O–H groups in total. The maximum atomic E-state index is 5.80. The van der Waals surface area contributed by atoms with E-state index in [9.17, 15) is 0 Å². The van der Waals surface area contributed by atoms with Crippen molar-refractivity contribution in [3.63, 3.8) is 0 Å². The molecule has 1 atom stereocenters. The Labute approximate surface area is 97.5 Å². The Morgan fingerprint density at radius 3 is 3.14 bits per heavy atom. The van der Waals surface area contributed by atoms with Crippen molar-refractivity contribution < 1.29 is 0 Å². The molecule has 1 aromatic heterocycles. The van der Waals surface area contributed by atoms with Crippen molar-refractivity contribution in [2.75, 3.05) is 17.6 Å². The van der Waals surface area contributed by atoms with Gasteiger partial charge in [0.25, 0.3) is 0 Å². The van der Waals surface area contributed by atoms with Crippen LogP contribution in [-0.4, -0.2) is 22.0 Å². The summed E-state index contributed by atoms with van der Waals surface area (Å²) in [7, 11) is 0. The van der Waals surface area contributed by atoms with Crippen molar-refractivity contribution >= 4 is 39.8 Å². The summed E-state index contributed by atoms with van der Waals surface area (Å²) >= 11 is 9.36. The van der Waals surface area contributed by atoms with Gasteiger partial charge < -0.3 is 5.32 Å². The van der Waals surface area contributed by atoms with Crippen LogP contribution in [0.5, 0.6) is 0 Å². The zero-order chi connectivity index (χ0) is 10.0. The predicted molar refractivity (Wildman–Crippen MR) is 65.7 cm³/mol. The van der Waals surface area contributed by atoms with E-state index in [4.69, 9.17) is 11.6 Å². The minimum atomic E-state index is 0.387. The van der Waals surface area contributed by atoms with Gasteiger partial charge in [-0.05, 0) is 25.5 Å². The standard InChI is InChI=1S/C9H13ClN2S2/c1-9(3-2-4-13-9)6-12-8-11-5-7(10)14-8/h5H,2-4,6H2,1H3,(H,11,12). The molecule has 2 nitrogen and oxygen atoms in total. The maximum absolute atomic E-state index is 5.80. The van der Waals surface area contributed by atoms with E-state index in [1.807, 2.05) is 0 Å². The number of rotatable bonds is 3. The number of anilines is 1. The molecule has 2 heterocycles. The lowest BCUT2D eigenvalue weighted by Crippen LogP contribution is -2.26. The summed E-state index contributed by atoms with van der Waals surface area (Å²) in [6, 6.07) is 0. The van der Waals surface area contributed by atoms with Crippen LogP contribution in [0.3, 0.4) is 0 Å². The first-order valence-corrected chi connectivity index (χ1v) is 6.85. The van der Waals surface area contributed by atoms with E-state index >= 15 is 0 Å². The summed E-state index contributed by atoms with van der Waals surface area (Å²) in [4.78, 5) is 4.17. The molecule has 0 spiro atoms. The highest BCUT2D eigenvalue weighted by molar-refractivity contribution is 8.00. The fraction of sp³-hybridized carbons (Fsp3) is 0.667. The third-order valence-corrected chi connectivity index (χ3v) is 5.00. The second-order valence-corrected chi connectivity index (χ2v) is 7.07. The first-order valence-electron chi connectivity index (χ1n) is 4.67. The lowest BCUT2D eigenvalue weighted by molar-refractivity contribution is 0.634. The van der Waals surface area contributed by atoms with Gasteiger partial charge >= 0.3 is 0 Å². The Morgan fingerprint density at radius 1 is 1.71 bits per heavy atom. The molecule has 1 aromatic rings. The van der Waals surface area contributed by atoms with Crippen LogP contribution in [0.25, 0.3) is 0 Å². The normalized spacial score (nSPS) is 26.7. The molecule has 0 aromatic carbocycles. The van der Waals surface area contributed by atoms with Crippen molar-refractivity contribution in [2.45, 2.75) is 24.5 Å². The van der Waals surface area contributed by atoms with E-state index in [-0.39, 0.29) is 0 Å². The van der Waals surface area contributed by atoms with Gasteiger partial charge in [-0.25, -0.2) is 4.98 Å². The number of hydrogen-bond donors (Lipinski definition) is 1. The minimum Gasteiger partial charge on any atom is -0.360 e. The van der Waals surface area contributed by atoms with Crippen molar-refractivity contribution in [3.8, 4) is 0 Å². The average molecular weight is 249 g/mol. The fourth-order valence-electron chi connectivity index (χ4n) is 1.58. The number of hydrogen-bond acceptors (Lipinski definition) is 4. The van der Waals surface area contributed by atoms with Gasteiger partial charge in [0.2, 0.25) is 0 Å². The number of halogens is 1. The molecular weight excluding hydrogens is 236 g/mol. The van der Waals surface area contributed by atoms with Gasteiger partial charge in [-0.15, -0.1) is 0 Å². The van der Waals surface area contributed by atoms with Crippen molar-refractivity contribution in [1.82, 2.24) is 4.98 Å². The number of nitrogens with zero attached hydrogens (tertiary/aromatic N) is 1. The Morgan fingerprint density at radius 2 is 2.57 bits per heavy atom. The van der Waals surface area contributed by atoms with Gasteiger partial charge in [-0.3, -0.25) is 0 Å². The van der Waals surface area contributed by atoms with E-state index in [0.29, 0.717) is 4.75 Å². The molecule has 1 unspecified atom stereocenters. The first-order chi connectivity index (χ1) is 6.68. The van der Waals surface area contributed by atoms with Crippen molar-refractivity contribution in [3.05, 3.63) is 10.5 Å². The number of thiazole rings is 1. The van der Waals surface area contributed by atoms with E-state index in [1.165, 1.54) is 29.9 Å². The fourth-order valence-corrected chi connectivity index (χ4v) is 3.63. The van der Waals surface area contributed by atoms with Crippen LogP contribution >= 0.6 is 34.7 Å². The summed E-state index contributed by atoms with van der Waals surface area (Å²) in [5, 5.41) is 4.28. The van der Waals surface area contributed by atoms with E-state index < -0.39 is 0 Å². The van der Waals surface area contributed by atoms with Gasteiger partial charge in [0.15, 0.2) is 5.13 Å². The molecule has 1 saturated heterocycles. The molecule has 0 bridgehead atoms. The highest BCUT2D eigenvalue weighted by Crippen LogP contribution is 2.38. The van der Waals surface area contributed by atoms with Crippen LogP contribution < -0.4 is 5.32 Å². The number of thioether (sulfide) groups is 1. The lowest BCUT2D eigenvalue weighted by Gasteiger charge is -2.22. The van der Waals surface area contributed by atoms with Crippen LogP contribution in [-0.2, 0) is 0 Å². The topological polar surface area (TPSA) is 24.9 Å². The summed E-state index contributed by atoms with van der Waals surface area (Å²) < 4.78 is 1.13. The highest BCUT2D eigenvalue weighted by Gasteiger charge is 2.29. The summed E-state index contributed by atoms with van der Waals surface area (Å²) in [6.45, 7) is 3.30. The summed E-state index contributed by atoms with van der Waals surface area (Å²) in [5.74, 6) is 1.29.